The van der Waals surface area contributed by atoms with Gasteiger partial charge in [-0.2, -0.15) is 0 Å². The van der Waals surface area contributed by atoms with Crippen molar-refractivity contribution in [2.75, 3.05) is 33.2 Å². The quantitative estimate of drug-likeness (QED) is 0.734. The molecule has 1 amide bonds. The van der Waals surface area contributed by atoms with E-state index in [0.717, 1.165) is 19.5 Å². The number of amides is 1. The summed E-state index contributed by atoms with van der Waals surface area (Å²) >= 11 is 0. The van der Waals surface area contributed by atoms with E-state index in [1.807, 2.05) is 0 Å². The van der Waals surface area contributed by atoms with Gasteiger partial charge in [-0.3, -0.25) is 9.69 Å². The zero-order chi connectivity index (χ0) is 11.5. The van der Waals surface area contributed by atoms with Crippen molar-refractivity contribution in [3.8, 4) is 0 Å². The molecule has 2 unspecified atom stereocenters. The van der Waals surface area contributed by atoms with Crippen LogP contribution in [0.5, 0.6) is 0 Å². The highest BCUT2D eigenvalue weighted by molar-refractivity contribution is 5.73. The predicted octanol–water partition coefficient (Wildman–Crippen LogP) is 0.291. The fourth-order valence-electron chi connectivity index (χ4n) is 2.96. The summed E-state index contributed by atoms with van der Waals surface area (Å²) in [5, 5.41) is 3.03. The average Bonchev–Trinajstić information content (AvgIpc) is 2.65. The number of likely N-dealkylation sites (tertiary alicyclic amines) is 2. The second-order valence-electron chi connectivity index (χ2n) is 5.24. The second-order valence-corrected chi connectivity index (χ2v) is 5.24. The van der Waals surface area contributed by atoms with Crippen molar-refractivity contribution in [3.05, 3.63) is 0 Å². The van der Waals surface area contributed by atoms with Gasteiger partial charge in [-0.05, 0) is 32.9 Å². The minimum Gasteiger partial charge on any atom is -0.352 e. The number of piperidine rings is 1. The molecule has 4 nitrogen and oxygen atoms in total. The van der Waals surface area contributed by atoms with Gasteiger partial charge >= 0.3 is 0 Å². The van der Waals surface area contributed by atoms with Crippen LogP contribution in [0, 0.1) is 0 Å². The monoisotopic (exact) mass is 225 g/mol. The number of rotatable bonds is 2. The Morgan fingerprint density at radius 3 is 2.75 bits per heavy atom. The van der Waals surface area contributed by atoms with Crippen molar-refractivity contribution in [1.82, 2.24) is 15.1 Å². The summed E-state index contributed by atoms with van der Waals surface area (Å²) in [4.78, 5) is 16.0. The molecule has 92 valence electrons. The molecule has 2 atom stereocenters. The first kappa shape index (κ1) is 11.9. The number of likely N-dealkylation sites (N-methyl/N-ethyl adjacent to an activating group) is 1. The highest BCUT2D eigenvalue weighted by Crippen LogP contribution is 2.19. The third-order valence-corrected chi connectivity index (χ3v) is 3.74. The molecule has 2 heterocycles. The average molecular weight is 225 g/mol. The highest BCUT2D eigenvalue weighted by Gasteiger charge is 2.30. The maximum absolute atomic E-state index is 11.0. The molecular formula is C12H23N3O. The normalized spacial score (nSPS) is 32.9. The fourth-order valence-corrected chi connectivity index (χ4v) is 2.96. The third-order valence-electron chi connectivity index (χ3n) is 3.74. The first-order valence-electron chi connectivity index (χ1n) is 6.35. The van der Waals surface area contributed by atoms with E-state index in [2.05, 4.69) is 22.2 Å². The molecule has 16 heavy (non-hydrogen) atoms. The molecule has 2 aliphatic heterocycles. The molecule has 0 radical (unpaired) electrons. The summed E-state index contributed by atoms with van der Waals surface area (Å²) in [6.45, 7) is 6.21. The Morgan fingerprint density at radius 2 is 2.06 bits per heavy atom. The summed E-state index contributed by atoms with van der Waals surface area (Å²) < 4.78 is 0. The minimum atomic E-state index is 0.104. The summed E-state index contributed by atoms with van der Waals surface area (Å²) in [6.07, 6.45) is 3.74. The first-order chi connectivity index (χ1) is 7.65. The van der Waals surface area contributed by atoms with E-state index < -0.39 is 0 Å². The molecule has 2 fully saturated rings. The van der Waals surface area contributed by atoms with E-state index in [-0.39, 0.29) is 5.91 Å². The second kappa shape index (κ2) is 5.15. The third kappa shape index (κ3) is 2.95. The molecule has 4 heteroatoms. The molecule has 0 saturated carbocycles. The summed E-state index contributed by atoms with van der Waals surface area (Å²) in [5.41, 5.74) is 0. The molecule has 1 N–H and O–H groups in total. The van der Waals surface area contributed by atoms with Gasteiger partial charge in [0.1, 0.15) is 0 Å². The lowest BCUT2D eigenvalue weighted by Gasteiger charge is -2.35. The summed E-state index contributed by atoms with van der Waals surface area (Å²) in [6, 6.07) is 1.09. The molecule has 0 aromatic rings. The lowest BCUT2D eigenvalue weighted by atomic mass is 10.1. The molecule has 0 aliphatic carbocycles. The van der Waals surface area contributed by atoms with Crippen LogP contribution in [0.25, 0.3) is 0 Å². The largest absolute Gasteiger partial charge is 0.352 e. The molecule has 0 aromatic heterocycles. The zero-order valence-corrected chi connectivity index (χ0v) is 10.4. The van der Waals surface area contributed by atoms with Crippen LogP contribution in [0.3, 0.4) is 0 Å². The Bertz CT molecular complexity index is 257. The molecule has 2 aliphatic rings. The van der Waals surface area contributed by atoms with Crippen molar-refractivity contribution in [1.29, 1.82) is 0 Å². The van der Waals surface area contributed by atoms with Crippen LogP contribution in [-0.2, 0) is 4.79 Å². The standard InChI is InChI=1S/C12H23N3O/c1-10(16)13-11-5-7-15(8-11)12-4-3-6-14(2)9-12/h11-12H,3-9H2,1-2H3,(H,13,16). The van der Waals surface area contributed by atoms with Crippen molar-refractivity contribution >= 4 is 5.91 Å². The Balaban J connectivity index is 1.81. The highest BCUT2D eigenvalue weighted by atomic mass is 16.1. The van der Waals surface area contributed by atoms with E-state index in [9.17, 15) is 4.79 Å². The number of nitrogens with zero attached hydrogens (tertiary/aromatic N) is 2. The first-order valence-corrected chi connectivity index (χ1v) is 6.35. The lowest BCUT2D eigenvalue weighted by molar-refractivity contribution is -0.119. The number of carbonyl (C=O) groups excluding carboxylic acids is 1. The van der Waals surface area contributed by atoms with Crippen molar-refractivity contribution in [3.63, 3.8) is 0 Å². The Hall–Kier alpha value is -0.610. The van der Waals surface area contributed by atoms with E-state index in [1.54, 1.807) is 6.92 Å². The van der Waals surface area contributed by atoms with Gasteiger partial charge in [0.15, 0.2) is 0 Å². The number of hydrogen-bond donors (Lipinski definition) is 1. The molecule has 2 saturated heterocycles. The zero-order valence-electron chi connectivity index (χ0n) is 10.4. The van der Waals surface area contributed by atoms with Gasteiger partial charge in [0.2, 0.25) is 5.91 Å². The fraction of sp³-hybridized carbons (Fsp3) is 0.917. The van der Waals surface area contributed by atoms with Gasteiger partial charge in [-0.1, -0.05) is 0 Å². The van der Waals surface area contributed by atoms with Crippen LogP contribution in [-0.4, -0.2) is 61.0 Å². The molecular weight excluding hydrogens is 202 g/mol. The lowest BCUT2D eigenvalue weighted by Crippen LogP contribution is -2.47. The minimum absolute atomic E-state index is 0.104. The van der Waals surface area contributed by atoms with Gasteiger partial charge in [0.25, 0.3) is 0 Å². The van der Waals surface area contributed by atoms with Crippen LogP contribution in [0.4, 0.5) is 0 Å². The van der Waals surface area contributed by atoms with Gasteiger partial charge in [0, 0.05) is 38.6 Å². The number of hydrogen-bond acceptors (Lipinski definition) is 3. The van der Waals surface area contributed by atoms with Crippen LogP contribution in [0.15, 0.2) is 0 Å². The maximum atomic E-state index is 11.0. The predicted molar refractivity (Wildman–Crippen MR) is 64.3 cm³/mol. The topological polar surface area (TPSA) is 35.6 Å². The Morgan fingerprint density at radius 1 is 1.25 bits per heavy atom. The molecule has 0 spiro atoms. The van der Waals surface area contributed by atoms with Crippen LogP contribution < -0.4 is 5.32 Å². The van der Waals surface area contributed by atoms with E-state index in [4.69, 9.17) is 0 Å². The van der Waals surface area contributed by atoms with E-state index in [0.29, 0.717) is 12.1 Å². The van der Waals surface area contributed by atoms with Crippen LogP contribution in [0.2, 0.25) is 0 Å². The van der Waals surface area contributed by atoms with Gasteiger partial charge in [-0.15, -0.1) is 0 Å². The summed E-state index contributed by atoms with van der Waals surface area (Å²) in [7, 11) is 2.20. The molecule has 0 bridgehead atoms. The summed E-state index contributed by atoms with van der Waals surface area (Å²) in [5.74, 6) is 0.104. The number of nitrogens with one attached hydrogen (secondary N) is 1. The van der Waals surface area contributed by atoms with Gasteiger partial charge in [-0.25, -0.2) is 0 Å². The maximum Gasteiger partial charge on any atom is 0.217 e. The van der Waals surface area contributed by atoms with E-state index >= 15 is 0 Å². The number of carbonyl (C=O) groups is 1. The van der Waals surface area contributed by atoms with Crippen molar-refractivity contribution in [2.24, 2.45) is 0 Å². The Labute approximate surface area is 98.0 Å². The SMILES string of the molecule is CC(=O)NC1CCN(C2CCCN(C)C2)C1. The van der Waals surface area contributed by atoms with Crippen molar-refractivity contribution in [2.45, 2.75) is 38.3 Å². The van der Waals surface area contributed by atoms with Crippen LogP contribution >= 0.6 is 0 Å². The smallest absolute Gasteiger partial charge is 0.217 e. The Kier molecular flexibility index (Phi) is 3.82. The van der Waals surface area contributed by atoms with Gasteiger partial charge < -0.3 is 10.2 Å². The van der Waals surface area contributed by atoms with E-state index in [1.165, 1.54) is 25.9 Å². The molecule has 0 aromatic carbocycles. The van der Waals surface area contributed by atoms with Crippen LogP contribution in [0.1, 0.15) is 26.2 Å². The molecule has 2 rings (SSSR count). The van der Waals surface area contributed by atoms with Crippen molar-refractivity contribution < 1.29 is 4.79 Å². The van der Waals surface area contributed by atoms with Gasteiger partial charge in [0.05, 0.1) is 0 Å².